The molecular formula is C43H48ClN7O. The lowest BCUT2D eigenvalue weighted by molar-refractivity contribution is -0.401. The van der Waals surface area contributed by atoms with Crippen molar-refractivity contribution in [3.05, 3.63) is 144 Å². The first-order chi connectivity index (χ1) is 24.7. The molecule has 8 nitrogen and oxygen atoms in total. The van der Waals surface area contributed by atoms with Crippen LogP contribution in [0.2, 0.25) is 0 Å². The molecule has 0 bridgehead atoms. The van der Waals surface area contributed by atoms with E-state index in [4.69, 9.17) is 0 Å². The number of anilines is 1. The van der Waals surface area contributed by atoms with E-state index in [1.54, 1.807) is 0 Å². The number of carbonyl (C=O) groups excluding carboxylic acids is 1. The van der Waals surface area contributed by atoms with Crippen molar-refractivity contribution in [2.75, 3.05) is 18.5 Å². The zero-order valence-corrected chi connectivity index (χ0v) is 31.5. The second-order valence-corrected chi connectivity index (χ2v) is 14.2. The lowest BCUT2D eigenvalue weighted by atomic mass is 9.81. The summed E-state index contributed by atoms with van der Waals surface area (Å²) in [5.41, 5.74) is 9.58. The van der Waals surface area contributed by atoms with E-state index in [1.807, 2.05) is 24.3 Å². The molecule has 0 aliphatic carbocycles. The van der Waals surface area contributed by atoms with Gasteiger partial charge in [-0.05, 0) is 50.0 Å². The number of benzene rings is 3. The SMILES string of the molecule is C[N+]1=C(C=CC=CC=CC=C2N(CCCCCC(=O)NCc3ccc(-c4nncnn4)cc3)c3ccccc3C2(C)C)C(C)(C)c2ccccc21.[Cl-]. The molecule has 1 N–H and O–H groups in total. The molecule has 52 heavy (non-hydrogen) atoms. The van der Waals surface area contributed by atoms with E-state index < -0.39 is 0 Å². The summed E-state index contributed by atoms with van der Waals surface area (Å²) in [6.07, 6.45) is 19.7. The zero-order chi connectivity index (χ0) is 35.8. The fraction of sp³-hybridized carbons (Fsp3) is 0.302. The third-order valence-electron chi connectivity index (χ3n) is 10.1. The third-order valence-corrected chi connectivity index (χ3v) is 10.1. The van der Waals surface area contributed by atoms with Gasteiger partial charge in [0.25, 0.3) is 0 Å². The minimum atomic E-state index is -0.102. The molecule has 2 aliphatic rings. The smallest absolute Gasteiger partial charge is 0.220 e. The molecule has 1 aromatic heterocycles. The number of para-hydroxylation sites is 2. The van der Waals surface area contributed by atoms with Crippen LogP contribution in [0.4, 0.5) is 11.4 Å². The minimum absolute atomic E-state index is 0. The molecule has 9 heteroatoms. The summed E-state index contributed by atoms with van der Waals surface area (Å²) < 4.78 is 2.30. The van der Waals surface area contributed by atoms with Gasteiger partial charge in [0, 0.05) is 59.6 Å². The maximum atomic E-state index is 12.6. The van der Waals surface area contributed by atoms with Crippen LogP contribution in [0.3, 0.4) is 0 Å². The number of hydrogen-bond donors (Lipinski definition) is 1. The Morgan fingerprint density at radius 1 is 0.788 bits per heavy atom. The fourth-order valence-electron chi connectivity index (χ4n) is 7.28. The lowest BCUT2D eigenvalue weighted by Crippen LogP contribution is -3.00. The zero-order valence-electron chi connectivity index (χ0n) is 30.8. The van der Waals surface area contributed by atoms with Crippen molar-refractivity contribution in [2.24, 2.45) is 0 Å². The van der Waals surface area contributed by atoms with Gasteiger partial charge in [-0.15, -0.1) is 20.4 Å². The largest absolute Gasteiger partial charge is 1.00 e. The number of nitrogens with zero attached hydrogens (tertiary/aromatic N) is 6. The summed E-state index contributed by atoms with van der Waals surface area (Å²) in [5, 5.41) is 18.6. The van der Waals surface area contributed by atoms with E-state index in [-0.39, 0.29) is 29.1 Å². The quantitative estimate of drug-likeness (QED) is 0.117. The summed E-state index contributed by atoms with van der Waals surface area (Å²) in [7, 11) is 2.15. The average molecular weight is 714 g/mol. The Bertz CT molecular complexity index is 2010. The maximum Gasteiger partial charge on any atom is 0.220 e. The van der Waals surface area contributed by atoms with Gasteiger partial charge in [-0.25, -0.2) is 0 Å². The van der Waals surface area contributed by atoms with Gasteiger partial charge in [0.2, 0.25) is 17.4 Å². The lowest BCUT2D eigenvalue weighted by Gasteiger charge is -2.27. The van der Waals surface area contributed by atoms with Gasteiger partial charge in [0.1, 0.15) is 7.05 Å². The number of nitrogens with one attached hydrogen (secondary N) is 1. The van der Waals surface area contributed by atoms with Crippen molar-refractivity contribution >= 4 is 23.0 Å². The molecular weight excluding hydrogens is 666 g/mol. The summed E-state index contributed by atoms with van der Waals surface area (Å²) in [4.78, 5) is 15.1. The predicted molar refractivity (Wildman–Crippen MR) is 206 cm³/mol. The molecule has 2 aliphatic heterocycles. The number of halogens is 1. The first-order valence-electron chi connectivity index (χ1n) is 17.8. The predicted octanol–water partition coefficient (Wildman–Crippen LogP) is 5.17. The van der Waals surface area contributed by atoms with Crippen molar-refractivity contribution in [3.63, 3.8) is 0 Å². The van der Waals surface area contributed by atoms with Gasteiger partial charge < -0.3 is 22.6 Å². The van der Waals surface area contributed by atoms with Gasteiger partial charge in [-0.3, -0.25) is 4.79 Å². The first-order valence-corrected chi connectivity index (χ1v) is 17.8. The number of carbonyl (C=O) groups is 1. The van der Waals surface area contributed by atoms with Crippen LogP contribution < -0.4 is 22.6 Å². The molecule has 4 aromatic rings. The standard InChI is InChI=1S/C43H47N7O.ClH/c1-42(2)34-18-13-15-20-36(34)49(5)38(42)22-10-7-6-8-11-23-39-43(3,4)35-19-14-16-21-37(35)50(39)29-17-9-12-24-40(51)44-30-32-25-27-33(28-26-32)41-47-45-31-46-48-41;/h6-8,10-11,13-16,18-23,25-28,31H,9,12,17,24,29-30H2,1-5H3;1H. The van der Waals surface area contributed by atoms with Crippen molar-refractivity contribution in [1.82, 2.24) is 25.7 Å². The van der Waals surface area contributed by atoms with Crippen LogP contribution in [0.25, 0.3) is 11.4 Å². The van der Waals surface area contributed by atoms with Crippen LogP contribution in [-0.4, -0.2) is 50.2 Å². The minimum Gasteiger partial charge on any atom is -1.00 e. The number of hydrogen-bond acceptors (Lipinski definition) is 6. The Labute approximate surface area is 314 Å². The maximum absolute atomic E-state index is 12.6. The fourth-order valence-corrected chi connectivity index (χ4v) is 7.28. The Balaban J connectivity index is 0.00000523. The van der Waals surface area contributed by atoms with Crippen molar-refractivity contribution in [3.8, 4) is 11.4 Å². The Morgan fingerprint density at radius 2 is 1.46 bits per heavy atom. The molecule has 0 saturated heterocycles. The molecule has 6 rings (SSSR count). The van der Waals surface area contributed by atoms with E-state index in [1.165, 1.54) is 40.2 Å². The van der Waals surface area contributed by atoms with E-state index in [2.05, 4.69) is 161 Å². The molecule has 3 heterocycles. The highest BCUT2D eigenvalue weighted by molar-refractivity contribution is 6.03. The van der Waals surface area contributed by atoms with Crippen molar-refractivity contribution < 1.29 is 21.8 Å². The second kappa shape index (κ2) is 16.9. The first kappa shape index (κ1) is 38.0. The van der Waals surface area contributed by atoms with Gasteiger partial charge in [-0.2, -0.15) is 4.58 Å². The van der Waals surface area contributed by atoms with Crippen LogP contribution in [0.15, 0.2) is 127 Å². The number of unbranched alkanes of at least 4 members (excludes halogenated alkanes) is 2. The van der Waals surface area contributed by atoms with Crippen molar-refractivity contribution in [2.45, 2.75) is 70.8 Å². The average Bonchev–Trinajstić information content (AvgIpc) is 3.48. The van der Waals surface area contributed by atoms with E-state index in [0.717, 1.165) is 36.9 Å². The Hall–Kier alpha value is -5.21. The van der Waals surface area contributed by atoms with Crippen molar-refractivity contribution in [1.29, 1.82) is 0 Å². The molecule has 0 fully saturated rings. The summed E-state index contributed by atoms with van der Waals surface area (Å²) in [5.74, 6) is 0.551. The molecule has 3 aromatic carbocycles. The van der Waals surface area contributed by atoms with Gasteiger partial charge in [0.05, 0.1) is 5.41 Å². The Kier molecular flexibility index (Phi) is 12.3. The topological polar surface area (TPSA) is 86.9 Å². The highest BCUT2D eigenvalue weighted by Gasteiger charge is 2.42. The van der Waals surface area contributed by atoms with Gasteiger partial charge in [0.15, 0.2) is 12.0 Å². The molecule has 1 amide bonds. The number of amides is 1. The molecule has 0 radical (unpaired) electrons. The van der Waals surface area contributed by atoms with Crippen LogP contribution in [0.5, 0.6) is 0 Å². The van der Waals surface area contributed by atoms with E-state index in [9.17, 15) is 4.79 Å². The summed E-state index contributed by atoms with van der Waals surface area (Å²) in [6.45, 7) is 10.6. The normalized spacial score (nSPS) is 16.6. The van der Waals surface area contributed by atoms with Crippen LogP contribution in [0.1, 0.15) is 70.1 Å². The third kappa shape index (κ3) is 8.29. The van der Waals surface area contributed by atoms with Gasteiger partial charge in [-0.1, -0.05) is 111 Å². The van der Waals surface area contributed by atoms with Crippen LogP contribution in [0, 0.1) is 0 Å². The molecule has 0 saturated carbocycles. The van der Waals surface area contributed by atoms with Gasteiger partial charge >= 0.3 is 0 Å². The molecule has 0 atom stereocenters. The second-order valence-electron chi connectivity index (χ2n) is 14.2. The summed E-state index contributed by atoms with van der Waals surface area (Å²) in [6, 6.07) is 25.1. The highest BCUT2D eigenvalue weighted by atomic mass is 35.5. The summed E-state index contributed by atoms with van der Waals surface area (Å²) >= 11 is 0. The highest BCUT2D eigenvalue weighted by Crippen LogP contribution is 2.47. The molecule has 0 unspecified atom stereocenters. The van der Waals surface area contributed by atoms with E-state index in [0.29, 0.717) is 18.8 Å². The molecule has 0 spiro atoms. The number of rotatable bonds is 13. The van der Waals surface area contributed by atoms with E-state index >= 15 is 0 Å². The van der Waals surface area contributed by atoms with Crippen LogP contribution >= 0.6 is 0 Å². The number of fused-ring (bicyclic) bond motifs is 2. The number of allylic oxidation sites excluding steroid dienone is 8. The molecule has 268 valence electrons. The van der Waals surface area contributed by atoms with Crippen LogP contribution in [-0.2, 0) is 22.2 Å². The Morgan fingerprint density at radius 3 is 2.21 bits per heavy atom. The monoisotopic (exact) mass is 713 g/mol. The number of aromatic nitrogens is 4.